The first-order valence-corrected chi connectivity index (χ1v) is 13.6. The number of alkyl carbamates (subject to hydrolysis) is 1. The molecule has 0 bridgehead atoms. The third kappa shape index (κ3) is 5.22. The van der Waals surface area contributed by atoms with E-state index >= 15 is 0 Å². The Hall–Kier alpha value is -3.72. The van der Waals surface area contributed by atoms with Gasteiger partial charge in [0.2, 0.25) is 5.91 Å². The number of amides is 3. The van der Waals surface area contributed by atoms with Crippen molar-refractivity contribution in [3.05, 3.63) is 94.0 Å². The Kier molecular flexibility index (Phi) is 7.44. The van der Waals surface area contributed by atoms with Crippen molar-refractivity contribution in [3.8, 4) is 11.1 Å². The fraction of sp³-hybridized carbons (Fsp3) is 0.323. The quantitative estimate of drug-likeness (QED) is 0.383. The van der Waals surface area contributed by atoms with E-state index in [4.69, 9.17) is 16.3 Å². The van der Waals surface area contributed by atoms with E-state index in [0.29, 0.717) is 40.2 Å². The van der Waals surface area contributed by atoms with E-state index in [1.807, 2.05) is 24.3 Å². The predicted molar refractivity (Wildman–Crippen MR) is 151 cm³/mol. The Balaban J connectivity index is 1.51. The minimum atomic E-state index is -2.06. The van der Waals surface area contributed by atoms with Crippen LogP contribution in [-0.4, -0.2) is 46.1 Å². The molecule has 8 nitrogen and oxygen atoms in total. The summed E-state index contributed by atoms with van der Waals surface area (Å²) in [6.45, 7) is 5.93. The van der Waals surface area contributed by atoms with Crippen molar-refractivity contribution in [2.24, 2.45) is 0 Å². The van der Waals surface area contributed by atoms with Crippen LogP contribution in [0.4, 0.5) is 4.79 Å². The van der Waals surface area contributed by atoms with E-state index in [9.17, 15) is 19.5 Å². The Bertz CT molecular complexity index is 1430. The highest BCUT2D eigenvalue weighted by atomic mass is 35.5. The van der Waals surface area contributed by atoms with Crippen molar-refractivity contribution in [2.75, 3.05) is 6.54 Å². The maximum Gasteiger partial charge on any atom is 0.407 e. The van der Waals surface area contributed by atoms with Crippen molar-refractivity contribution in [2.45, 2.75) is 57.5 Å². The number of fused-ring (bicyclic) bond motifs is 3. The van der Waals surface area contributed by atoms with Crippen molar-refractivity contribution >= 4 is 29.5 Å². The van der Waals surface area contributed by atoms with E-state index < -0.39 is 35.2 Å². The zero-order valence-electron chi connectivity index (χ0n) is 22.7. The minimum absolute atomic E-state index is 0.0925. The highest BCUT2D eigenvalue weighted by Gasteiger charge is 2.51. The van der Waals surface area contributed by atoms with Gasteiger partial charge in [0.05, 0.1) is 12.6 Å². The number of carbonyl (C=O) groups is 3. The van der Waals surface area contributed by atoms with Crippen LogP contribution in [0.15, 0.2) is 66.7 Å². The van der Waals surface area contributed by atoms with Crippen molar-refractivity contribution in [1.29, 1.82) is 0 Å². The molecule has 3 amide bonds. The lowest BCUT2D eigenvalue weighted by Gasteiger charge is -2.36. The van der Waals surface area contributed by atoms with Gasteiger partial charge in [0.1, 0.15) is 5.60 Å². The molecule has 0 saturated carbocycles. The van der Waals surface area contributed by atoms with Crippen LogP contribution in [0.5, 0.6) is 0 Å². The maximum absolute atomic E-state index is 14.4. The molecule has 0 aromatic heterocycles. The first-order chi connectivity index (χ1) is 19.0. The number of benzene rings is 3. The average molecular weight is 562 g/mol. The number of nitrogens with one attached hydrogen (secondary N) is 2. The Morgan fingerprint density at radius 2 is 1.62 bits per heavy atom. The molecule has 1 heterocycles. The van der Waals surface area contributed by atoms with Gasteiger partial charge in [-0.15, -0.1) is 0 Å². The van der Waals surface area contributed by atoms with Crippen LogP contribution in [0.3, 0.4) is 0 Å². The molecule has 1 aliphatic carbocycles. The van der Waals surface area contributed by atoms with E-state index in [0.717, 1.165) is 16.0 Å². The molecule has 3 aromatic carbocycles. The van der Waals surface area contributed by atoms with E-state index in [2.05, 4.69) is 10.6 Å². The average Bonchev–Trinajstić information content (AvgIpc) is 3.14. The molecule has 0 radical (unpaired) electrons. The smallest absolute Gasteiger partial charge is 0.407 e. The number of carbonyl (C=O) groups excluding carboxylic acids is 3. The predicted octanol–water partition coefficient (Wildman–Crippen LogP) is 4.50. The summed E-state index contributed by atoms with van der Waals surface area (Å²) < 4.78 is 5.35. The van der Waals surface area contributed by atoms with E-state index in [1.165, 1.54) is 0 Å². The number of imide groups is 1. The summed E-state index contributed by atoms with van der Waals surface area (Å²) in [5.74, 6) is -1.17. The number of rotatable bonds is 6. The molecule has 0 spiro atoms. The second-order valence-electron chi connectivity index (χ2n) is 11.1. The number of ether oxygens (including phenoxy) is 1. The fourth-order valence-electron chi connectivity index (χ4n) is 5.14. The van der Waals surface area contributed by atoms with Gasteiger partial charge in [0.25, 0.3) is 5.91 Å². The van der Waals surface area contributed by atoms with Crippen LogP contribution in [0.1, 0.15) is 49.4 Å². The molecule has 1 fully saturated rings. The molecule has 3 aromatic rings. The molecule has 9 heteroatoms. The number of aliphatic hydroxyl groups is 1. The van der Waals surface area contributed by atoms with Crippen LogP contribution in [0.25, 0.3) is 11.1 Å². The number of halogens is 1. The van der Waals surface area contributed by atoms with Gasteiger partial charge in [-0.1, -0.05) is 66.2 Å². The highest BCUT2D eigenvalue weighted by molar-refractivity contribution is 6.30. The Morgan fingerprint density at radius 1 is 1.02 bits per heavy atom. The zero-order valence-corrected chi connectivity index (χ0v) is 23.4. The van der Waals surface area contributed by atoms with Gasteiger partial charge in [0.15, 0.2) is 5.60 Å². The molecule has 5 rings (SSSR count). The van der Waals surface area contributed by atoms with Crippen LogP contribution >= 0.6 is 11.6 Å². The van der Waals surface area contributed by atoms with Crippen molar-refractivity contribution in [3.63, 3.8) is 0 Å². The summed E-state index contributed by atoms with van der Waals surface area (Å²) in [6.07, 6.45) is -0.0128. The first-order valence-electron chi connectivity index (χ1n) is 13.2. The highest BCUT2D eigenvalue weighted by Crippen LogP contribution is 2.48. The summed E-state index contributed by atoms with van der Waals surface area (Å²) in [4.78, 5) is 41.6. The molecule has 1 saturated heterocycles. The minimum Gasteiger partial charge on any atom is -0.444 e. The van der Waals surface area contributed by atoms with Crippen LogP contribution in [-0.2, 0) is 33.0 Å². The molecule has 2 aliphatic rings. The molecular weight excluding hydrogens is 530 g/mol. The monoisotopic (exact) mass is 561 g/mol. The van der Waals surface area contributed by atoms with E-state index in [1.54, 1.807) is 63.2 Å². The van der Waals surface area contributed by atoms with Gasteiger partial charge < -0.3 is 20.5 Å². The van der Waals surface area contributed by atoms with Crippen molar-refractivity contribution < 1.29 is 24.2 Å². The number of nitrogens with zero attached hydrogens (tertiary/aromatic N) is 1. The molecule has 1 atom stereocenters. The number of hydrogen-bond donors (Lipinski definition) is 3. The molecule has 0 unspecified atom stereocenters. The van der Waals surface area contributed by atoms with Gasteiger partial charge >= 0.3 is 6.09 Å². The topological polar surface area (TPSA) is 108 Å². The van der Waals surface area contributed by atoms with Crippen LogP contribution in [0.2, 0.25) is 5.02 Å². The fourth-order valence-corrected chi connectivity index (χ4v) is 5.34. The third-order valence-corrected chi connectivity index (χ3v) is 7.42. The van der Waals surface area contributed by atoms with Gasteiger partial charge in [-0.3, -0.25) is 14.5 Å². The van der Waals surface area contributed by atoms with Gasteiger partial charge in [-0.2, -0.15) is 0 Å². The normalized spacial score (nSPS) is 16.8. The third-order valence-electron chi connectivity index (χ3n) is 7.19. The molecular formula is C31H32ClN3O5. The Labute approximate surface area is 238 Å². The van der Waals surface area contributed by atoms with Crippen LogP contribution in [0, 0.1) is 0 Å². The second kappa shape index (κ2) is 10.7. The van der Waals surface area contributed by atoms with Crippen molar-refractivity contribution in [1.82, 2.24) is 15.5 Å². The molecule has 208 valence electrons. The Morgan fingerprint density at radius 3 is 2.17 bits per heavy atom. The lowest BCUT2D eigenvalue weighted by molar-refractivity contribution is -0.158. The van der Waals surface area contributed by atoms with Gasteiger partial charge in [-0.25, -0.2) is 4.79 Å². The van der Waals surface area contributed by atoms with Gasteiger partial charge in [0, 0.05) is 22.7 Å². The largest absolute Gasteiger partial charge is 0.444 e. The lowest BCUT2D eigenvalue weighted by atomic mass is 9.89. The first kappa shape index (κ1) is 27.8. The summed E-state index contributed by atoms with van der Waals surface area (Å²) in [6, 6.07) is 18.9. The number of hydrogen-bond acceptors (Lipinski definition) is 6. The van der Waals surface area contributed by atoms with E-state index in [-0.39, 0.29) is 13.1 Å². The summed E-state index contributed by atoms with van der Waals surface area (Å²) >= 11 is 6.34. The summed E-state index contributed by atoms with van der Waals surface area (Å²) in [5.41, 5.74) is 0.842. The molecule has 40 heavy (non-hydrogen) atoms. The summed E-state index contributed by atoms with van der Waals surface area (Å²) in [5, 5.41) is 18.4. The standard InChI is InChI=1S/C31H32ClN3O5/c1-30(2,3)40-29(38)34-17-19-12-13-21(32)16-20(19)18-35(27(36)26-14-15-33-26)28(37)31(39)24-10-6-4-8-22(24)23-9-5-7-11-25(23)31/h4-13,16,26,33,39H,14-15,17-18H2,1-3H3,(H,34,38)/t26-/m0/s1. The second-order valence-corrected chi connectivity index (χ2v) is 11.5. The SMILES string of the molecule is CC(C)(C)OC(=O)NCc1ccc(Cl)cc1CN(C(=O)[C@@H]1CCN1)C(=O)C1(O)c2ccccc2-c2ccccc21. The maximum atomic E-state index is 14.4. The lowest BCUT2D eigenvalue weighted by Crippen LogP contribution is -2.58. The van der Waals surface area contributed by atoms with Crippen LogP contribution < -0.4 is 10.6 Å². The zero-order chi connectivity index (χ0) is 28.7. The molecule has 3 N–H and O–H groups in total. The molecule has 1 aliphatic heterocycles. The van der Waals surface area contributed by atoms with Gasteiger partial charge in [-0.05, 0) is 68.1 Å². The summed E-state index contributed by atoms with van der Waals surface area (Å²) in [7, 11) is 0.